The fourth-order valence-corrected chi connectivity index (χ4v) is 3.85. The second kappa shape index (κ2) is 8.52. The SMILES string of the molecule is C[C@@H]1Nc2ccc(C(F)(F)F)cc2[C@H]2O[C@@H](CNC(=O)N/C=C/N(C)C)CCC12. The molecule has 1 aromatic carbocycles. The summed E-state index contributed by atoms with van der Waals surface area (Å²) < 4.78 is 45.7. The maximum atomic E-state index is 13.2. The van der Waals surface area contributed by atoms with Gasteiger partial charge in [-0.25, -0.2) is 4.79 Å². The Bertz CT molecular complexity index is 767. The van der Waals surface area contributed by atoms with Crippen molar-refractivity contribution in [3.8, 4) is 0 Å². The molecule has 160 valence electrons. The molecule has 9 heteroatoms. The van der Waals surface area contributed by atoms with E-state index in [0.717, 1.165) is 18.9 Å². The molecule has 0 bridgehead atoms. The first-order valence-electron chi connectivity index (χ1n) is 9.65. The van der Waals surface area contributed by atoms with Crippen LogP contribution in [0.4, 0.5) is 23.7 Å². The highest BCUT2D eigenvalue weighted by atomic mass is 19.4. The van der Waals surface area contributed by atoms with Gasteiger partial charge < -0.3 is 25.6 Å². The van der Waals surface area contributed by atoms with Gasteiger partial charge in [0, 0.05) is 56.3 Å². The lowest BCUT2D eigenvalue weighted by atomic mass is 9.79. The van der Waals surface area contributed by atoms with Crippen LogP contribution >= 0.6 is 0 Å². The zero-order valence-corrected chi connectivity index (χ0v) is 16.7. The second-order valence-electron chi connectivity index (χ2n) is 7.79. The lowest BCUT2D eigenvalue weighted by molar-refractivity contribution is -0.138. The number of hydrogen-bond acceptors (Lipinski definition) is 4. The van der Waals surface area contributed by atoms with Crippen LogP contribution < -0.4 is 16.0 Å². The number of carbonyl (C=O) groups is 1. The van der Waals surface area contributed by atoms with Gasteiger partial charge in [-0.1, -0.05) is 0 Å². The van der Waals surface area contributed by atoms with Gasteiger partial charge in [-0.3, -0.25) is 0 Å². The van der Waals surface area contributed by atoms with E-state index >= 15 is 0 Å². The Labute approximate surface area is 168 Å². The van der Waals surface area contributed by atoms with Gasteiger partial charge >= 0.3 is 12.2 Å². The van der Waals surface area contributed by atoms with Crippen molar-refractivity contribution in [1.29, 1.82) is 0 Å². The highest BCUT2D eigenvalue weighted by Gasteiger charge is 2.41. The number of carbonyl (C=O) groups excluding carboxylic acids is 1. The Morgan fingerprint density at radius 3 is 2.79 bits per heavy atom. The van der Waals surface area contributed by atoms with E-state index in [1.54, 1.807) is 11.1 Å². The number of halogens is 3. The fraction of sp³-hybridized carbons (Fsp3) is 0.550. The quantitative estimate of drug-likeness (QED) is 0.706. The van der Waals surface area contributed by atoms with Gasteiger partial charge in [0.2, 0.25) is 0 Å². The largest absolute Gasteiger partial charge is 0.416 e. The van der Waals surface area contributed by atoms with Crippen molar-refractivity contribution in [1.82, 2.24) is 15.5 Å². The molecule has 1 fully saturated rings. The van der Waals surface area contributed by atoms with Crippen LogP contribution in [0.15, 0.2) is 30.6 Å². The third-order valence-electron chi connectivity index (χ3n) is 5.34. The molecule has 2 amide bonds. The minimum atomic E-state index is -4.40. The minimum absolute atomic E-state index is 0.0825. The number of benzene rings is 1. The highest BCUT2D eigenvalue weighted by Crippen LogP contribution is 2.46. The van der Waals surface area contributed by atoms with E-state index < -0.39 is 17.8 Å². The summed E-state index contributed by atoms with van der Waals surface area (Å²) in [5.74, 6) is 0.0825. The summed E-state index contributed by atoms with van der Waals surface area (Å²) in [6.07, 6.45) is -0.323. The van der Waals surface area contributed by atoms with Crippen molar-refractivity contribution in [3.63, 3.8) is 0 Å². The number of hydrogen-bond donors (Lipinski definition) is 3. The molecule has 2 aliphatic rings. The monoisotopic (exact) mass is 412 g/mol. The molecule has 0 saturated carbocycles. The summed E-state index contributed by atoms with van der Waals surface area (Å²) in [4.78, 5) is 13.7. The Kier molecular flexibility index (Phi) is 6.26. The standard InChI is InChI=1S/C20H27F3N4O2/c1-12-15-6-5-14(11-25-19(28)24-8-9-27(2)3)29-18(15)16-10-13(20(21,22)23)4-7-17(16)26-12/h4,7-10,12,14-15,18,26H,5-6,11H2,1-3H3,(H2,24,25,28)/b9-8+/t12-,14+,15?,18-/m0/s1. The van der Waals surface area contributed by atoms with E-state index in [2.05, 4.69) is 16.0 Å². The average Bonchev–Trinajstić information content (AvgIpc) is 2.65. The van der Waals surface area contributed by atoms with Crippen LogP contribution in [0.5, 0.6) is 0 Å². The molecule has 0 aromatic heterocycles. The van der Waals surface area contributed by atoms with E-state index in [-0.39, 0.29) is 24.1 Å². The van der Waals surface area contributed by atoms with Crippen molar-refractivity contribution in [2.24, 2.45) is 5.92 Å². The molecule has 0 spiro atoms. The minimum Gasteiger partial charge on any atom is -0.382 e. The molecule has 2 heterocycles. The molecule has 1 aromatic rings. The van der Waals surface area contributed by atoms with Gasteiger partial charge in [-0.2, -0.15) is 13.2 Å². The first kappa shape index (κ1) is 21.3. The summed E-state index contributed by atoms with van der Waals surface area (Å²) in [5, 5.41) is 8.64. The van der Waals surface area contributed by atoms with E-state index in [1.807, 2.05) is 21.0 Å². The normalized spacial score (nSPS) is 26.3. The number of rotatable bonds is 4. The Hall–Kier alpha value is -2.42. The fourth-order valence-electron chi connectivity index (χ4n) is 3.85. The smallest absolute Gasteiger partial charge is 0.382 e. The van der Waals surface area contributed by atoms with Crippen molar-refractivity contribution < 1.29 is 22.7 Å². The summed E-state index contributed by atoms with van der Waals surface area (Å²) in [6.45, 7) is 2.31. The van der Waals surface area contributed by atoms with E-state index in [4.69, 9.17) is 4.74 Å². The molecule has 2 aliphatic heterocycles. The van der Waals surface area contributed by atoms with Gasteiger partial charge in [0.15, 0.2) is 0 Å². The van der Waals surface area contributed by atoms with Gasteiger partial charge in [0.1, 0.15) is 0 Å². The zero-order valence-electron chi connectivity index (χ0n) is 16.7. The Balaban J connectivity index is 1.67. The first-order valence-corrected chi connectivity index (χ1v) is 9.65. The van der Waals surface area contributed by atoms with E-state index in [9.17, 15) is 18.0 Å². The van der Waals surface area contributed by atoms with Crippen LogP contribution in [0.2, 0.25) is 0 Å². The van der Waals surface area contributed by atoms with Crippen LogP contribution in [0.25, 0.3) is 0 Å². The number of amides is 2. The summed E-state index contributed by atoms with van der Waals surface area (Å²) in [5.41, 5.74) is 0.528. The molecule has 3 rings (SSSR count). The third kappa shape index (κ3) is 5.14. The number of urea groups is 1. The lowest BCUT2D eigenvalue weighted by Gasteiger charge is -2.44. The predicted molar refractivity (Wildman–Crippen MR) is 104 cm³/mol. The van der Waals surface area contributed by atoms with E-state index in [1.165, 1.54) is 18.3 Å². The van der Waals surface area contributed by atoms with Crippen LogP contribution in [0.3, 0.4) is 0 Å². The van der Waals surface area contributed by atoms with Crippen LogP contribution in [0.1, 0.15) is 37.0 Å². The summed E-state index contributed by atoms with van der Waals surface area (Å²) >= 11 is 0. The predicted octanol–water partition coefficient (Wildman–Crippen LogP) is 3.69. The van der Waals surface area contributed by atoms with Crippen molar-refractivity contribution in [3.05, 3.63) is 41.7 Å². The molecule has 0 radical (unpaired) electrons. The number of anilines is 1. The topological polar surface area (TPSA) is 65.6 Å². The molecule has 4 atom stereocenters. The van der Waals surface area contributed by atoms with E-state index in [0.29, 0.717) is 17.8 Å². The van der Waals surface area contributed by atoms with Crippen LogP contribution in [-0.4, -0.2) is 43.7 Å². The molecule has 1 unspecified atom stereocenters. The van der Waals surface area contributed by atoms with Gasteiger partial charge in [0.05, 0.1) is 17.8 Å². The lowest BCUT2D eigenvalue weighted by Crippen LogP contribution is -2.46. The Morgan fingerprint density at radius 2 is 2.10 bits per heavy atom. The molecule has 1 saturated heterocycles. The average molecular weight is 412 g/mol. The second-order valence-corrected chi connectivity index (χ2v) is 7.79. The number of ether oxygens (including phenoxy) is 1. The number of alkyl halides is 3. The van der Waals surface area contributed by atoms with Crippen LogP contribution in [-0.2, 0) is 10.9 Å². The maximum absolute atomic E-state index is 13.2. The first-order chi connectivity index (χ1) is 13.6. The third-order valence-corrected chi connectivity index (χ3v) is 5.34. The molecule has 0 aliphatic carbocycles. The summed E-state index contributed by atoms with van der Waals surface area (Å²) in [6, 6.07) is 3.48. The van der Waals surface area contributed by atoms with Crippen molar-refractivity contribution >= 4 is 11.7 Å². The van der Waals surface area contributed by atoms with Gasteiger partial charge in [-0.05, 0) is 38.0 Å². The number of nitrogens with one attached hydrogen (secondary N) is 3. The Morgan fingerprint density at radius 1 is 1.34 bits per heavy atom. The molecular formula is C20H27F3N4O2. The molecule has 29 heavy (non-hydrogen) atoms. The van der Waals surface area contributed by atoms with Gasteiger partial charge in [0.25, 0.3) is 0 Å². The zero-order chi connectivity index (χ0) is 21.2. The van der Waals surface area contributed by atoms with Crippen LogP contribution in [0, 0.1) is 5.92 Å². The van der Waals surface area contributed by atoms with Crippen molar-refractivity contribution in [2.45, 2.75) is 44.2 Å². The molecular weight excluding hydrogens is 385 g/mol. The van der Waals surface area contributed by atoms with Crippen molar-refractivity contribution in [2.75, 3.05) is 26.0 Å². The maximum Gasteiger partial charge on any atom is 0.416 e. The molecule has 3 N–H and O–H groups in total. The molecule has 6 nitrogen and oxygen atoms in total. The highest BCUT2D eigenvalue weighted by molar-refractivity contribution is 5.74. The summed E-state index contributed by atoms with van der Waals surface area (Å²) in [7, 11) is 3.68. The number of nitrogens with zero attached hydrogens (tertiary/aromatic N) is 1. The number of fused-ring (bicyclic) bond motifs is 3. The van der Waals surface area contributed by atoms with Gasteiger partial charge in [-0.15, -0.1) is 0 Å².